The molecule has 1 aliphatic heterocycles. The van der Waals surface area contributed by atoms with Crippen LogP contribution in [0.5, 0.6) is 0 Å². The molecule has 0 aromatic carbocycles. The van der Waals surface area contributed by atoms with Gasteiger partial charge < -0.3 is 24.1 Å². The van der Waals surface area contributed by atoms with Gasteiger partial charge in [0.15, 0.2) is 14.6 Å². The van der Waals surface area contributed by atoms with Gasteiger partial charge in [-0.15, -0.1) is 0 Å². The summed E-state index contributed by atoms with van der Waals surface area (Å²) in [6.45, 7) is 21.3. The highest BCUT2D eigenvalue weighted by Crippen LogP contribution is 2.50. The van der Waals surface area contributed by atoms with E-state index in [9.17, 15) is 10.2 Å². The van der Waals surface area contributed by atoms with Gasteiger partial charge in [-0.05, 0) is 35.5 Å². The van der Waals surface area contributed by atoms with Gasteiger partial charge >= 0.3 is 0 Å². The summed E-state index contributed by atoms with van der Waals surface area (Å²) in [6.07, 6.45) is 6.63. The van der Waals surface area contributed by atoms with Gasteiger partial charge in [0.05, 0.1) is 26.4 Å². The second-order valence-corrected chi connectivity index (χ2v) is 17.2. The predicted molar refractivity (Wildman–Crippen MR) is 128 cm³/mol. The molecule has 1 heterocycles. The van der Waals surface area contributed by atoms with Crippen molar-refractivity contribution in [3.63, 3.8) is 0 Å². The van der Waals surface area contributed by atoms with Crippen molar-refractivity contribution < 1.29 is 24.1 Å². The maximum atomic E-state index is 12.0. The van der Waals surface area contributed by atoms with Crippen molar-refractivity contribution in [2.24, 2.45) is 16.7 Å². The number of hydrogen-bond acceptors (Lipinski definition) is 5. The Kier molecular flexibility index (Phi) is 8.10. The Bertz CT molecular complexity index is 664. The average molecular weight is 455 g/mol. The minimum Gasteiger partial charge on any atom is -0.413 e. The quantitative estimate of drug-likeness (QED) is 0.416. The third-order valence-corrected chi connectivity index (χ3v) is 12.0. The topological polar surface area (TPSA) is 68.2 Å². The number of aliphatic hydroxyl groups excluding tert-OH is 1. The molecule has 1 fully saturated rings. The van der Waals surface area contributed by atoms with E-state index in [-0.39, 0.29) is 34.7 Å². The number of hydrogen-bond donors (Lipinski definition) is 2. The molecular weight excluding hydrogens is 408 g/mol. The molecule has 0 aromatic rings. The van der Waals surface area contributed by atoms with Gasteiger partial charge in [0.2, 0.25) is 0 Å². The number of rotatable bonds is 7. The van der Waals surface area contributed by atoms with Gasteiger partial charge in [0, 0.05) is 17.8 Å². The van der Waals surface area contributed by atoms with Crippen LogP contribution in [0, 0.1) is 16.7 Å². The molecule has 0 saturated carbocycles. The fourth-order valence-corrected chi connectivity index (χ4v) is 5.12. The minimum atomic E-state index is -1.97. The van der Waals surface area contributed by atoms with Crippen LogP contribution in [-0.2, 0) is 13.9 Å². The molecule has 2 atom stereocenters. The first-order valence-electron chi connectivity index (χ1n) is 11.6. The van der Waals surface area contributed by atoms with Gasteiger partial charge in [-0.3, -0.25) is 0 Å². The SMILES string of the molecule is CC1(C)COC(C[C@@H]2C(C)(C)CC=C(CO[Si](C)(C)C(C)(C)C)[C@]2(O)/C=C/CO)OC1. The van der Waals surface area contributed by atoms with Crippen molar-refractivity contribution in [1.29, 1.82) is 0 Å². The van der Waals surface area contributed by atoms with Gasteiger partial charge in [0.1, 0.15) is 5.60 Å². The summed E-state index contributed by atoms with van der Waals surface area (Å²) in [6, 6.07) is 0. The number of allylic oxidation sites excluding steroid dienone is 1. The summed E-state index contributed by atoms with van der Waals surface area (Å²) in [5, 5.41) is 21.6. The van der Waals surface area contributed by atoms with Gasteiger partial charge in [0.25, 0.3) is 0 Å². The highest BCUT2D eigenvalue weighted by molar-refractivity contribution is 6.74. The Morgan fingerprint density at radius 2 is 1.74 bits per heavy atom. The van der Waals surface area contributed by atoms with E-state index in [1.165, 1.54) is 0 Å². The monoisotopic (exact) mass is 454 g/mol. The van der Waals surface area contributed by atoms with Crippen molar-refractivity contribution in [3.8, 4) is 0 Å². The third kappa shape index (κ3) is 6.30. The molecule has 0 aromatic heterocycles. The second kappa shape index (κ2) is 9.39. The smallest absolute Gasteiger partial charge is 0.192 e. The highest BCUT2D eigenvalue weighted by atomic mass is 28.4. The van der Waals surface area contributed by atoms with Crippen LogP contribution in [-0.4, -0.2) is 56.8 Å². The lowest BCUT2D eigenvalue weighted by molar-refractivity contribution is -0.237. The Hall–Kier alpha value is -0.503. The summed E-state index contributed by atoms with van der Waals surface area (Å²) in [4.78, 5) is 0. The molecule has 6 heteroatoms. The van der Waals surface area contributed by atoms with E-state index in [1.807, 2.05) is 0 Å². The van der Waals surface area contributed by atoms with E-state index in [4.69, 9.17) is 13.9 Å². The average Bonchev–Trinajstić information content (AvgIpc) is 2.63. The van der Waals surface area contributed by atoms with Crippen LogP contribution in [0.3, 0.4) is 0 Å². The van der Waals surface area contributed by atoms with E-state index in [0.29, 0.717) is 26.2 Å². The predicted octanol–water partition coefficient (Wildman–Crippen LogP) is 5.05. The first-order chi connectivity index (χ1) is 14.0. The highest BCUT2D eigenvalue weighted by Gasteiger charge is 2.51. The molecule has 1 saturated heterocycles. The molecule has 0 unspecified atom stereocenters. The molecule has 5 nitrogen and oxygen atoms in total. The van der Waals surface area contributed by atoms with Gasteiger partial charge in [-0.2, -0.15) is 0 Å². The Morgan fingerprint density at radius 1 is 1.16 bits per heavy atom. The van der Waals surface area contributed by atoms with Crippen LogP contribution in [0.1, 0.15) is 61.3 Å². The molecule has 0 radical (unpaired) electrons. The van der Waals surface area contributed by atoms with Crippen molar-refractivity contribution in [3.05, 3.63) is 23.8 Å². The Balaban J connectivity index is 2.30. The van der Waals surface area contributed by atoms with Crippen LogP contribution in [0.15, 0.2) is 23.8 Å². The molecule has 31 heavy (non-hydrogen) atoms. The fourth-order valence-electron chi connectivity index (χ4n) is 4.17. The van der Waals surface area contributed by atoms with Crippen LogP contribution < -0.4 is 0 Å². The van der Waals surface area contributed by atoms with Gasteiger partial charge in [-0.1, -0.05) is 66.7 Å². The number of ether oxygens (including phenoxy) is 2. The normalized spacial score (nSPS) is 29.9. The van der Waals surface area contributed by atoms with Crippen molar-refractivity contribution in [2.75, 3.05) is 26.4 Å². The van der Waals surface area contributed by atoms with Crippen molar-refractivity contribution in [2.45, 2.75) is 91.3 Å². The minimum absolute atomic E-state index is 0.00769. The Morgan fingerprint density at radius 3 is 2.26 bits per heavy atom. The lowest BCUT2D eigenvalue weighted by atomic mass is 9.60. The maximum Gasteiger partial charge on any atom is 0.192 e. The zero-order valence-corrected chi connectivity index (χ0v) is 22.2. The summed E-state index contributed by atoms with van der Waals surface area (Å²) in [5.41, 5.74) is -0.489. The second-order valence-electron chi connectivity index (χ2n) is 12.4. The summed E-state index contributed by atoms with van der Waals surface area (Å²) < 4.78 is 18.6. The lowest BCUT2D eigenvalue weighted by Crippen LogP contribution is -2.53. The Labute approximate surface area is 191 Å². The van der Waals surface area contributed by atoms with E-state index < -0.39 is 13.9 Å². The van der Waals surface area contributed by atoms with E-state index in [2.05, 4.69) is 67.6 Å². The van der Waals surface area contributed by atoms with Crippen LogP contribution >= 0.6 is 0 Å². The summed E-state index contributed by atoms with van der Waals surface area (Å²) in [7, 11) is -1.97. The zero-order chi connectivity index (χ0) is 23.7. The molecule has 0 bridgehead atoms. The maximum absolute atomic E-state index is 12.0. The summed E-state index contributed by atoms with van der Waals surface area (Å²) in [5.74, 6) is -0.128. The molecule has 2 rings (SSSR count). The van der Waals surface area contributed by atoms with Crippen LogP contribution in [0.25, 0.3) is 0 Å². The van der Waals surface area contributed by atoms with Gasteiger partial charge in [-0.25, -0.2) is 0 Å². The molecular formula is C25H46O5Si. The van der Waals surface area contributed by atoms with Crippen molar-refractivity contribution in [1.82, 2.24) is 0 Å². The molecule has 2 N–H and O–H groups in total. The number of aliphatic hydroxyl groups is 2. The first-order valence-corrected chi connectivity index (χ1v) is 14.5. The lowest BCUT2D eigenvalue weighted by Gasteiger charge is -2.50. The largest absolute Gasteiger partial charge is 0.413 e. The third-order valence-electron chi connectivity index (χ3n) is 7.48. The molecule has 0 amide bonds. The standard InChI is InChI=1S/C25H46O5Si/c1-22(2,3)31(8,9)30-16-19-11-13-24(6,7)20(25(19,27)12-10-14-26)15-21-28-17-23(4,5)18-29-21/h10-12,20-21,26-27H,13-18H2,1-9H3/b12-10+/t20-,25-/m1/s1. The molecule has 0 spiro atoms. The van der Waals surface area contributed by atoms with E-state index in [1.54, 1.807) is 12.2 Å². The van der Waals surface area contributed by atoms with E-state index in [0.717, 1.165) is 12.0 Å². The summed E-state index contributed by atoms with van der Waals surface area (Å²) >= 11 is 0. The molecule has 2 aliphatic rings. The van der Waals surface area contributed by atoms with E-state index >= 15 is 0 Å². The van der Waals surface area contributed by atoms with Crippen molar-refractivity contribution >= 4 is 8.32 Å². The first kappa shape index (κ1) is 26.7. The molecule has 180 valence electrons. The fraction of sp³-hybridized carbons (Fsp3) is 0.840. The van der Waals surface area contributed by atoms with Crippen LogP contribution in [0.2, 0.25) is 18.1 Å². The zero-order valence-electron chi connectivity index (χ0n) is 21.2. The molecule has 1 aliphatic carbocycles. The van der Waals surface area contributed by atoms with Crippen LogP contribution in [0.4, 0.5) is 0 Å².